The molecule has 2 aromatic rings. The number of hydrogen-bond donors (Lipinski definition) is 1. The predicted octanol–water partition coefficient (Wildman–Crippen LogP) is 3.59. The van der Waals surface area contributed by atoms with Gasteiger partial charge in [-0.05, 0) is 49.9 Å². The van der Waals surface area contributed by atoms with Crippen molar-refractivity contribution in [2.75, 3.05) is 13.6 Å². The van der Waals surface area contributed by atoms with Gasteiger partial charge in [0.15, 0.2) is 5.69 Å². The molecule has 6 nitrogen and oxygen atoms in total. The fraction of sp³-hybridized carbons (Fsp3) is 0.450. The quantitative estimate of drug-likeness (QED) is 0.793. The summed E-state index contributed by atoms with van der Waals surface area (Å²) in [5.74, 6) is -1.77. The van der Waals surface area contributed by atoms with Crippen LogP contribution in [-0.2, 0) is 17.6 Å². The fourth-order valence-corrected chi connectivity index (χ4v) is 3.62. The summed E-state index contributed by atoms with van der Waals surface area (Å²) < 4.78 is 1.85. The lowest BCUT2D eigenvalue weighted by molar-refractivity contribution is -0.141. The van der Waals surface area contributed by atoms with Crippen LogP contribution in [0.4, 0.5) is 0 Å². The first-order valence-corrected chi connectivity index (χ1v) is 9.61. The molecule has 0 saturated heterocycles. The van der Waals surface area contributed by atoms with Gasteiger partial charge in [-0.1, -0.05) is 24.9 Å². The zero-order valence-electron chi connectivity index (χ0n) is 15.6. The van der Waals surface area contributed by atoms with Gasteiger partial charge in [-0.25, -0.2) is 4.68 Å². The molecular formula is C20H24ClN3O3. The molecular weight excluding hydrogens is 366 g/mol. The molecule has 1 amide bonds. The molecule has 0 bridgehead atoms. The highest BCUT2D eigenvalue weighted by Crippen LogP contribution is 2.27. The summed E-state index contributed by atoms with van der Waals surface area (Å²) in [6, 6.07) is 7.41. The van der Waals surface area contributed by atoms with E-state index < -0.39 is 11.9 Å². The maximum absolute atomic E-state index is 13.0. The largest absolute Gasteiger partial charge is 0.481 e. The molecule has 1 aliphatic carbocycles. The second-order valence-electron chi connectivity index (χ2n) is 7.15. The average molecular weight is 390 g/mol. The van der Waals surface area contributed by atoms with Crippen molar-refractivity contribution in [1.29, 1.82) is 0 Å². The van der Waals surface area contributed by atoms with E-state index in [1.807, 2.05) is 28.9 Å². The lowest BCUT2D eigenvalue weighted by Crippen LogP contribution is -2.34. The molecule has 7 heteroatoms. The third kappa shape index (κ3) is 4.16. The van der Waals surface area contributed by atoms with Crippen molar-refractivity contribution in [3.8, 4) is 5.69 Å². The van der Waals surface area contributed by atoms with E-state index in [2.05, 4.69) is 5.10 Å². The number of hydrogen-bond acceptors (Lipinski definition) is 3. The van der Waals surface area contributed by atoms with Crippen molar-refractivity contribution in [1.82, 2.24) is 14.7 Å². The molecule has 3 rings (SSSR count). The lowest BCUT2D eigenvalue weighted by Gasteiger charge is -2.19. The maximum atomic E-state index is 13.0. The molecule has 27 heavy (non-hydrogen) atoms. The first-order valence-electron chi connectivity index (χ1n) is 9.23. The zero-order valence-corrected chi connectivity index (χ0v) is 16.4. The Hall–Kier alpha value is -2.34. The molecule has 0 spiro atoms. The number of carbonyl (C=O) groups excluding carboxylic acids is 1. The van der Waals surface area contributed by atoms with Gasteiger partial charge in [-0.2, -0.15) is 5.10 Å². The minimum absolute atomic E-state index is 0.150. The number of amides is 1. The van der Waals surface area contributed by atoms with Crippen molar-refractivity contribution in [3.63, 3.8) is 0 Å². The molecule has 0 radical (unpaired) electrons. The number of fused-ring (bicyclic) bond motifs is 1. The molecule has 0 saturated carbocycles. The van der Waals surface area contributed by atoms with Crippen LogP contribution in [0.3, 0.4) is 0 Å². The number of aromatic nitrogens is 2. The minimum Gasteiger partial charge on any atom is -0.481 e. The Labute approximate surface area is 163 Å². The summed E-state index contributed by atoms with van der Waals surface area (Å²) in [6.07, 6.45) is 4.88. The molecule has 1 N–H and O–H groups in total. The van der Waals surface area contributed by atoms with Crippen LogP contribution in [0.25, 0.3) is 5.69 Å². The van der Waals surface area contributed by atoms with Crippen LogP contribution >= 0.6 is 11.6 Å². The van der Waals surface area contributed by atoms with Crippen LogP contribution in [0.15, 0.2) is 24.3 Å². The number of aliphatic carboxylic acids is 1. The van der Waals surface area contributed by atoms with Crippen molar-refractivity contribution < 1.29 is 14.7 Å². The van der Waals surface area contributed by atoms with E-state index in [0.29, 0.717) is 10.7 Å². The summed E-state index contributed by atoms with van der Waals surface area (Å²) in [5.41, 5.74) is 3.36. The van der Waals surface area contributed by atoms with E-state index in [0.717, 1.165) is 49.0 Å². The topological polar surface area (TPSA) is 75.4 Å². The van der Waals surface area contributed by atoms with Crippen LogP contribution in [-0.4, -0.2) is 45.3 Å². The van der Waals surface area contributed by atoms with Crippen molar-refractivity contribution in [2.45, 2.75) is 39.0 Å². The fourth-order valence-electron chi connectivity index (χ4n) is 3.50. The highest BCUT2D eigenvalue weighted by molar-refractivity contribution is 6.30. The first kappa shape index (κ1) is 19.4. The Kier molecular flexibility index (Phi) is 5.85. The second-order valence-corrected chi connectivity index (χ2v) is 7.58. The molecule has 1 aromatic carbocycles. The van der Waals surface area contributed by atoms with Gasteiger partial charge in [-0.15, -0.1) is 0 Å². The number of carboxylic acid groups (broad SMARTS) is 1. The van der Waals surface area contributed by atoms with Crippen LogP contribution in [0.1, 0.15) is 47.9 Å². The summed E-state index contributed by atoms with van der Waals surface area (Å²) in [4.78, 5) is 25.6. The lowest BCUT2D eigenvalue weighted by atomic mass is 10.1. The van der Waals surface area contributed by atoms with Gasteiger partial charge < -0.3 is 10.0 Å². The number of halogens is 1. The van der Waals surface area contributed by atoms with Crippen molar-refractivity contribution in [3.05, 3.63) is 46.2 Å². The molecule has 1 aliphatic rings. The van der Waals surface area contributed by atoms with E-state index in [-0.39, 0.29) is 12.5 Å². The minimum atomic E-state index is -0.917. The normalized spacial score (nSPS) is 14.9. The molecule has 144 valence electrons. The number of carbonyl (C=O) groups is 2. The van der Waals surface area contributed by atoms with E-state index in [9.17, 15) is 9.59 Å². The van der Waals surface area contributed by atoms with Crippen LogP contribution in [0.2, 0.25) is 5.02 Å². The van der Waals surface area contributed by atoms with Gasteiger partial charge in [0.25, 0.3) is 5.91 Å². The van der Waals surface area contributed by atoms with Gasteiger partial charge in [0, 0.05) is 29.9 Å². The Morgan fingerprint density at radius 1 is 1.22 bits per heavy atom. The molecule has 1 aromatic heterocycles. The smallest absolute Gasteiger partial charge is 0.308 e. The number of nitrogens with zero attached hydrogens (tertiary/aromatic N) is 3. The summed E-state index contributed by atoms with van der Waals surface area (Å²) in [7, 11) is 1.63. The van der Waals surface area contributed by atoms with Crippen molar-refractivity contribution >= 4 is 23.5 Å². The predicted molar refractivity (Wildman–Crippen MR) is 104 cm³/mol. The third-order valence-corrected chi connectivity index (χ3v) is 5.27. The van der Waals surface area contributed by atoms with Gasteiger partial charge >= 0.3 is 5.97 Å². The number of rotatable bonds is 5. The Balaban J connectivity index is 1.99. The molecule has 1 atom stereocenters. The highest BCUT2D eigenvalue weighted by atomic mass is 35.5. The SMILES string of the molecule is CC(CN(C)C(=O)c1nn(-c2ccc(Cl)cc2)c2c1CCCCC2)C(=O)O. The van der Waals surface area contributed by atoms with E-state index in [1.54, 1.807) is 14.0 Å². The van der Waals surface area contributed by atoms with E-state index in [4.69, 9.17) is 16.7 Å². The molecule has 0 fully saturated rings. The Morgan fingerprint density at radius 2 is 1.89 bits per heavy atom. The standard InChI is InChI=1S/C20H24ClN3O3/c1-13(20(26)27)12-23(2)19(25)18-16-6-4-3-5-7-17(16)24(22-18)15-10-8-14(21)9-11-15/h8-11,13H,3-7,12H2,1-2H3,(H,26,27). The molecule has 1 unspecified atom stereocenters. The number of benzene rings is 1. The van der Waals surface area contributed by atoms with Gasteiger partial charge in [0.1, 0.15) is 0 Å². The Morgan fingerprint density at radius 3 is 2.56 bits per heavy atom. The number of carboxylic acids is 1. The van der Waals surface area contributed by atoms with E-state index in [1.165, 1.54) is 4.90 Å². The zero-order chi connectivity index (χ0) is 19.6. The monoisotopic (exact) mass is 389 g/mol. The summed E-state index contributed by atoms with van der Waals surface area (Å²) >= 11 is 6.00. The van der Waals surface area contributed by atoms with E-state index >= 15 is 0 Å². The van der Waals surface area contributed by atoms with Crippen LogP contribution in [0.5, 0.6) is 0 Å². The highest BCUT2D eigenvalue weighted by Gasteiger charge is 2.27. The van der Waals surface area contributed by atoms with Gasteiger partial charge in [0.2, 0.25) is 0 Å². The molecule has 0 aliphatic heterocycles. The van der Waals surface area contributed by atoms with Gasteiger partial charge in [0.05, 0.1) is 11.6 Å². The van der Waals surface area contributed by atoms with Crippen LogP contribution in [0, 0.1) is 5.92 Å². The Bertz CT molecular complexity index is 845. The first-order chi connectivity index (χ1) is 12.9. The second kappa shape index (κ2) is 8.13. The third-order valence-electron chi connectivity index (χ3n) is 5.02. The van der Waals surface area contributed by atoms with Gasteiger partial charge in [-0.3, -0.25) is 9.59 Å². The average Bonchev–Trinajstić information content (AvgIpc) is 2.83. The summed E-state index contributed by atoms with van der Waals surface area (Å²) in [6.45, 7) is 1.75. The molecule has 1 heterocycles. The van der Waals surface area contributed by atoms with Crippen LogP contribution < -0.4 is 0 Å². The summed E-state index contributed by atoms with van der Waals surface area (Å²) in [5, 5.41) is 14.4. The maximum Gasteiger partial charge on any atom is 0.308 e. The van der Waals surface area contributed by atoms with Crippen molar-refractivity contribution in [2.24, 2.45) is 5.92 Å².